The van der Waals surface area contributed by atoms with Crippen molar-refractivity contribution in [2.75, 3.05) is 44.2 Å². The van der Waals surface area contributed by atoms with Crippen molar-refractivity contribution in [2.45, 2.75) is 40.5 Å². The molecule has 2 aromatic rings. The molecule has 8 nitrogen and oxygen atoms in total. The van der Waals surface area contributed by atoms with Crippen LogP contribution in [0, 0.1) is 13.8 Å². The Bertz CT molecular complexity index is 742. The van der Waals surface area contributed by atoms with Gasteiger partial charge in [-0.2, -0.15) is 4.37 Å². The maximum Gasteiger partial charge on any atom is 0.205 e. The molecular formula is C18H29N7OS. The fraction of sp³-hybridized carbons (Fsp3) is 0.667. The van der Waals surface area contributed by atoms with Gasteiger partial charge >= 0.3 is 0 Å². The van der Waals surface area contributed by atoms with E-state index in [1.807, 2.05) is 13.8 Å². The van der Waals surface area contributed by atoms with Gasteiger partial charge in [0.15, 0.2) is 5.96 Å². The first-order chi connectivity index (χ1) is 13.1. The average molecular weight is 392 g/mol. The molecule has 3 rings (SSSR count). The van der Waals surface area contributed by atoms with Crippen LogP contribution in [0.25, 0.3) is 0 Å². The number of aryl methyl sites for hydroxylation is 3. The summed E-state index contributed by atoms with van der Waals surface area (Å²) in [7, 11) is 0. The molecule has 0 atom stereocenters. The minimum Gasteiger partial charge on any atom is -0.361 e. The lowest BCUT2D eigenvalue weighted by molar-refractivity contribution is 0.372. The Morgan fingerprint density at radius 3 is 2.59 bits per heavy atom. The quantitative estimate of drug-likeness (QED) is 0.596. The van der Waals surface area contributed by atoms with Crippen molar-refractivity contribution in [3.63, 3.8) is 0 Å². The molecule has 0 aliphatic carbocycles. The van der Waals surface area contributed by atoms with Crippen LogP contribution in [0.15, 0.2) is 9.52 Å². The second kappa shape index (κ2) is 9.16. The topological polar surface area (TPSA) is 82.7 Å². The summed E-state index contributed by atoms with van der Waals surface area (Å²) in [6, 6.07) is 0. The number of guanidine groups is 1. The normalized spacial score (nSPS) is 15.5. The number of hydrogen-bond donors (Lipinski definition) is 1. The summed E-state index contributed by atoms with van der Waals surface area (Å²) < 4.78 is 9.64. The molecule has 1 saturated heterocycles. The molecule has 0 saturated carbocycles. The molecular weight excluding hydrogens is 362 g/mol. The monoisotopic (exact) mass is 391 g/mol. The first-order valence-corrected chi connectivity index (χ1v) is 10.4. The zero-order chi connectivity index (χ0) is 19.2. The van der Waals surface area contributed by atoms with Crippen molar-refractivity contribution >= 4 is 22.6 Å². The third-order valence-electron chi connectivity index (χ3n) is 4.76. The number of nitrogens with zero attached hydrogens (tertiary/aromatic N) is 6. The number of aliphatic imine (C=N–C) groups is 1. The van der Waals surface area contributed by atoms with Crippen LogP contribution in [0.3, 0.4) is 0 Å². The van der Waals surface area contributed by atoms with Crippen LogP contribution >= 0.6 is 11.5 Å². The fourth-order valence-electron chi connectivity index (χ4n) is 3.18. The lowest BCUT2D eigenvalue weighted by Gasteiger charge is -2.36. The number of aromatic nitrogens is 3. The van der Waals surface area contributed by atoms with Gasteiger partial charge in [0, 0.05) is 62.8 Å². The van der Waals surface area contributed by atoms with Crippen molar-refractivity contribution < 1.29 is 4.52 Å². The number of hydrogen-bond acceptors (Lipinski definition) is 7. The fourth-order valence-corrected chi connectivity index (χ4v) is 3.99. The molecule has 1 aliphatic heterocycles. The molecule has 0 amide bonds. The van der Waals surface area contributed by atoms with Crippen LogP contribution in [-0.2, 0) is 12.8 Å². The smallest absolute Gasteiger partial charge is 0.205 e. The molecule has 3 heterocycles. The second-order valence-corrected chi connectivity index (χ2v) is 7.34. The highest BCUT2D eigenvalue weighted by Crippen LogP contribution is 2.19. The number of rotatable bonds is 6. The molecule has 1 aliphatic rings. The van der Waals surface area contributed by atoms with Gasteiger partial charge in [0.05, 0.1) is 5.69 Å². The number of piperazine rings is 1. The van der Waals surface area contributed by atoms with E-state index in [1.54, 1.807) is 0 Å². The van der Waals surface area contributed by atoms with Crippen molar-refractivity contribution in [3.05, 3.63) is 22.8 Å². The van der Waals surface area contributed by atoms with E-state index in [0.29, 0.717) is 0 Å². The lowest BCUT2D eigenvalue weighted by atomic mass is 10.1. The Morgan fingerprint density at radius 1 is 1.22 bits per heavy atom. The molecule has 1 fully saturated rings. The van der Waals surface area contributed by atoms with Crippen molar-refractivity contribution in [1.82, 2.24) is 24.7 Å². The highest BCUT2D eigenvalue weighted by molar-refractivity contribution is 7.09. The second-order valence-electron chi connectivity index (χ2n) is 6.61. The standard InChI is InChI=1S/C18H29N7OS/c1-5-16-21-18(27-23-16)25-11-9-24(10-12-25)17(19-6-2)20-8-7-15-13(3)22-26-14(15)4/h5-12H2,1-4H3,(H,19,20). The summed E-state index contributed by atoms with van der Waals surface area (Å²) in [6.45, 7) is 13.5. The summed E-state index contributed by atoms with van der Waals surface area (Å²) in [5.74, 6) is 2.81. The van der Waals surface area contributed by atoms with E-state index in [-0.39, 0.29) is 0 Å². The summed E-state index contributed by atoms with van der Waals surface area (Å²) in [5.41, 5.74) is 2.13. The van der Waals surface area contributed by atoms with Gasteiger partial charge in [0.2, 0.25) is 5.13 Å². The predicted octanol–water partition coefficient (Wildman–Crippen LogP) is 2.04. The molecule has 1 N–H and O–H groups in total. The minimum absolute atomic E-state index is 0.724. The Labute approximate surface area is 164 Å². The third-order valence-corrected chi connectivity index (χ3v) is 5.58. The zero-order valence-electron chi connectivity index (χ0n) is 16.7. The zero-order valence-corrected chi connectivity index (χ0v) is 17.5. The van der Waals surface area contributed by atoms with E-state index in [2.05, 4.69) is 43.5 Å². The van der Waals surface area contributed by atoms with Gasteiger partial charge < -0.3 is 19.6 Å². The molecule has 0 spiro atoms. The van der Waals surface area contributed by atoms with Crippen LogP contribution in [0.2, 0.25) is 0 Å². The number of anilines is 1. The Kier molecular flexibility index (Phi) is 6.65. The SMILES string of the molecule is CCNC(=NCCc1c(C)noc1C)N1CCN(c2nc(CC)ns2)CC1. The van der Waals surface area contributed by atoms with Crippen LogP contribution in [0.4, 0.5) is 5.13 Å². The maximum atomic E-state index is 5.24. The Morgan fingerprint density at radius 2 is 2.00 bits per heavy atom. The molecule has 0 unspecified atom stereocenters. The molecule has 27 heavy (non-hydrogen) atoms. The highest BCUT2D eigenvalue weighted by Gasteiger charge is 2.22. The average Bonchev–Trinajstić information content (AvgIpc) is 3.29. The Balaban J connectivity index is 1.57. The van der Waals surface area contributed by atoms with E-state index in [0.717, 1.165) is 80.5 Å². The van der Waals surface area contributed by atoms with Crippen LogP contribution in [0.1, 0.15) is 36.7 Å². The van der Waals surface area contributed by atoms with Gasteiger partial charge in [-0.1, -0.05) is 12.1 Å². The van der Waals surface area contributed by atoms with E-state index in [9.17, 15) is 0 Å². The van der Waals surface area contributed by atoms with Gasteiger partial charge in [0.1, 0.15) is 11.6 Å². The Hall–Kier alpha value is -2.16. The molecule has 9 heteroatoms. The summed E-state index contributed by atoms with van der Waals surface area (Å²) in [5, 5.41) is 8.48. The third kappa shape index (κ3) is 4.77. The van der Waals surface area contributed by atoms with Gasteiger partial charge in [-0.25, -0.2) is 4.98 Å². The van der Waals surface area contributed by atoms with Crippen molar-refractivity contribution in [2.24, 2.45) is 4.99 Å². The van der Waals surface area contributed by atoms with Gasteiger partial charge in [-0.15, -0.1) is 0 Å². The van der Waals surface area contributed by atoms with E-state index in [4.69, 9.17) is 9.52 Å². The first-order valence-electron chi connectivity index (χ1n) is 9.64. The van der Waals surface area contributed by atoms with Gasteiger partial charge in [-0.3, -0.25) is 4.99 Å². The lowest BCUT2D eigenvalue weighted by Crippen LogP contribution is -2.52. The van der Waals surface area contributed by atoms with Crippen LogP contribution < -0.4 is 10.2 Å². The molecule has 2 aromatic heterocycles. The van der Waals surface area contributed by atoms with E-state index >= 15 is 0 Å². The summed E-state index contributed by atoms with van der Waals surface area (Å²) >= 11 is 1.50. The highest BCUT2D eigenvalue weighted by atomic mass is 32.1. The summed E-state index contributed by atoms with van der Waals surface area (Å²) in [6.07, 6.45) is 1.74. The molecule has 148 valence electrons. The maximum absolute atomic E-state index is 5.24. The van der Waals surface area contributed by atoms with Crippen molar-refractivity contribution in [3.8, 4) is 0 Å². The first kappa shape index (κ1) is 19.6. The summed E-state index contributed by atoms with van der Waals surface area (Å²) in [4.78, 5) is 14.1. The molecule has 0 radical (unpaired) electrons. The van der Waals surface area contributed by atoms with E-state index < -0.39 is 0 Å². The van der Waals surface area contributed by atoms with Gasteiger partial charge in [0.25, 0.3) is 0 Å². The molecule has 0 bridgehead atoms. The van der Waals surface area contributed by atoms with E-state index in [1.165, 1.54) is 17.1 Å². The number of nitrogens with one attached hydrogen (secondary N) is 1. The minimum atomic E-state index is 0.724. The van der Waals surface area contributed by atoms with Gasteiger partial charge in [-0.05, 0) is 27.2 Å². The van der Waals surface area contributed by atoms with Crippen molar-refractivity contribution in [1.29, 1.82) is 0 Å². The van der Waals surface area contributed by atoms with Crippen LogP contribution in [0.5, 0.6) is 0 Å². The molecule has 0 aromatic carbocycles. The van der Waals surface area contributed by atoms with Crippen LogP contribution in [-0.4, -0.2) is 64.6 Å². The predicted molar refractivity (Wildman–Crippen MR) is 109 cm³/mol. The largest absolute Gasteiger partial charge is 0.361 e.